The average Bonchev–Trinajstić information content (AvgIpc) is 3.57. The minimum Gasteiger partial charge on any atom is -0.507 e. The molecule has 1 unspecified atom stereocenters. The Morgan fingerprint density at radius 1 is 1.00 bits per heavy atom. The van der Waals surface area contributed by atoms with E-state index < -0.39 is 17.7 Å². The number of aromatic nitrogens is 2. The Morgan fingerprint density at radius 2 is 1.79 bits per heavy atom. The summed E-state index contributed by atoms with van der Waals surface area (Å²) in [5, 5.41) is 20.0. The van der Waals surface area contributed by atoms with Gasteiger partial charge in [0.2, 0.25) is 5.13 Å². The van der Waals surface area contributed by atoms with Gasteiger partial charge >= 0.3 is 5.91 Å². The normalized spacial score (nSPS) is 16.2. The molecular weight excluding hydrogens is 577 g/mol. The largest absolute Gasteiger partial charge is 0.507 e. The van der Waals surface area contributed by atoms with Gasteiger partial charge in [-0.3, -0.25) is 14.5 Å². The Kier molecular flexibility index (Phi) is 9.19. The van der Waals surface area contributed by atoms with Crippen molar-refractivity contribution in [2.24, 2.45) is 0 Å². The van der Waals surface area contributed by atoms with E-state index in [0.717, 1.165) is 17.8 Å². The van der Waals surface area contributed by atoms with Crippen LogP contribution >= 0.6 is 23.1 Å². The van der Waals surface area contributed by atoms with Gasteiger partial charge in [-0.25, -0.2) is 4.39 Å². The van der Waals surface area contributed by atoms with Crippen LogP contribution < -0.4 is 14.4 Å². The molecule has 4 aromatic rings. The smallest absolute Gasteiger partial charge is 0.301 e. The summed E-state index contributed by atoms with van der Waals surface area (Å²) in [5.41, 5.74) is 1.35. The summed E-state index contributed by atoms with van der Waals surface area (Å²) in [6.45, 7) is 4.83. The van der Waals surface area contributed by atoms with Gasteiger partial charge in [-0.2, -0.15) is 0 Å². The van der Waals surface area contributed by atoms with Gasteiger partial charge in [0, 0.05) is 11.3 Å². The van der Waals surface area contributed by atoms with Crippen molar-refractivity contribution in [3.63, 3.8) is 0 Å². The van der Waals surface area contributed by atoms with E-state index in [0.29, 0.717) is 51.5 Å². The van der Waals surface area contributed by atoms with Gasteiger partial charge in [-0.15, -0.1) is 10.2 Å². The Labute approximate surface area is 250 Å². The topological polar surface area (TPSA) is 102 Å². The van der Waals surface area contributed by atoms with E-state index in [1.165, 1.54) is 22.7 Å². The summed E-state index contributed by atoms with van der Waals surface area (Å²) >= 11 is 2.39. The lowest BCUT2D eigenvalue weighted by Crippen LogP contribution is -2.29. The molecule has 1 amide bonds. The molecule has 11 heteroatoms. The number of carbonyl (C=O) groups excluding carboxylic acids is 2. The molecule has 1 N–H and O–H groups in total. The van der Waals surface area contributed by atoms with Gasteiger partial charge in [-0.1, -0.05) is 60.4 Å². The van der Waals surface area contributed by atoms with Crippen LogP contribution in [-0.4, -0.2) is 40.2 Å². The molecule has 8 nitrogen and oxygen atoms in total. The SMILES string of the molecule is CCCOc1ccc(/C(O)=C2\C(=O)C(=O)N(c3nnc(SCc4ccccc4F)s3)C2c2cccc(OCC)c2)cc1. The van der Waals surface area contributed by atoms with Crippen molar-refractivity contribution in [2.45, 2.75) is 36.4 Å². The fourth-order valence-electron chi connectivity index (χ4n) is 4.48. The number of hydrogen-bond donors (Lipinski definition) is 1. The van der Waals surface area contributed by atoms with Crippen LogP contribution in [0, 0.1) is 5.82 Å². The Balaban J connectivity index is 1.53. The third kappa shape index (κ3) is 6.17. The zero-order chi connectivity index (χ0) is 29.6. The number of halogens is 1. The van der Waals surface area contributed by atoms with Crippen LogP contribution in [0.25, 0.3) is 5.76 Å². The minimum absolute atomic E-state index is 0.0772. The number of anilines is 1. The summed E-state index contributed by atoms with van der Waals surface area (Å²) in [7, 11) is 0. The molecule has 1 fully saturated rings. The lowest BCUT2D eigenvalue weighted by atomic mass is 9.95. The Morgan fingerprint density at radius 3 is 2.52 bits per heavy atom. The number of aliphatic hydroxyl groups is 1. The van der Waals surface area contributed by atoms with Crippen molar-refractivity contribution in [2.75, 3.05) is 18.1 Å². The number of amides is 1. The van der Waals surface area contributed by atoms with Crippen LogP contribution in [0.4, 0.5) is 9.52 Å². The van der Waals surface area contributed by atoms with Crippen molar-refractivity contribution in [1.29, 1.82) is 0 Å². The summed E-state index contributed by atoms with van der Waals surface area (Å²) in [5.74, 6) is -0.824. The number of nitrogens with zero attached hydrogens (tertiary/aromatic N) is 3. The average molecular weight is 606 g/mol. The molecule has 1 aromatic heterocycles. The predicted molar refractivity (Wildman–Crippen MR) is 160 cm³/mol. The number of ketones is 1. The maximum atomic E-state index is 14.1. The van der Waals surface area contributed by atoms with E-state index in [1.54, 1.807) is 66.7 Å². The zero-order valence-electron chi connectivity index (χ0n) is 23.0. The molecule has 1 saturated heterocycles. The van der Waals surface area contributed by atoms with Crippen molar-refractivity contribution in [3.05, 3.63) is 101 Å². The number of Topliss-reactive ketones (excluding diaryl/α,β-unsaturated/α-hetero) is 1. The van der Waals surface area contributed by atoms with Crippen LogP contribution in [0.5, 0.6) is 11.5 Å². The third-order valence-electron chi connectivity index (χ3n) is 6.44. The van der Waals surface area contributed by atoms with Gasteiger partial charge in [0.1, 0.15) is 23.1 Å². The molecule has 0 radical (unpaired) electrons. The highest BCUT2D eigenvalue weighted by molar-refractivity contribution is 8.00. The summed E-state index contributed by atoms with van der Waals surface area (Å²) < 4.78 is 25.9. The first-order chi connectivity index (χ1) is 20.4. The van der Waals surface area contributed by atoms with E-state index in [9.17, 15) is 19.1 Å². The standard InChI is InChI=1S/C31H28FN3O5S2/c1-3-16-40-22-14-12-19(13-15-22)27(36)25-26(20-9-7-10-23(17-20)39-4-2)35(29(38)28(25)37)30-33-34-31(42-30)41-18-21-8-5-6-11-24(21)32/h5-15,17,26,36H,3-4,16,18H2,1-2H3/b27-25+. The molecule has 1 aliphatic heterocycles. The molecule has 1 aliphatic rings. The lowest BCUT2D eigenvalue weighted by molar-refractivity contribution is -0.132. The van der Waals surface area contributed by atoms with Crippen molar-refractivity contribution >= 4 is 45.7 Å². The molecule has 0 bridgehead atoms. The number of carbonyl (C=O) groups is 2. The van der Waals surface area contributed by atoms with E-state index in [2.05, 4.69) is 10.2 Å². The highest BCUT2D eigenvalue weighted by atomic mass is 32.2. The molecular formula is C31H28FN3O5S2. The molecule has 42 heavy (non-hydrogen) atoms. The van der Waals surface area contributed by atoms with Crippen molar-refractivity contribution in [1.82, 2.24) is 10.2 Å². The number of benzene rings is 3. The first-order valence-corrected chi connectivity index (χ1v) is 15.2. The second kappa shape index (κ2) is 13.2. The molecule has 216 valence electrons. The monoisotopic (exact) mass is 605 g/mol. The highest BCUT2D eigenvalue weighted by Crippen LogP contribution is 2.44. The molecule has 5 rings (SSSR count). The predicted octanol–water partition coefficient (Wildman–Crippen LogP) is 6.78. The first-order valence-electron chi connectivity index (χ1n) is 13.4. The molecule has 3 aromatic carbocycles. The number of hydrogen-bond acceptors (Lipinski definition) is 9. The van der Waals surface area contributed by atoms with Crippen molar-refractivity contribution < 1.29 is 28.6 Å². The third-order valence-corrected chi connectivity index (χ3v) is 8.55. The van der Waals surface area contributed by atoms with Crippen molar-refractivity contribution in [3.8, 4) is 11.5 Å². The van der Waals surface area contributed by atoms with Gasteiger partial charge < -0.3 is 14.6 Å². The number of aliphatic hydroxyl groups excluding tert-OH is 1. The number of ether oxygens (including phenoxy) is 2. The van der Waals surface area contributed by atoms with Crippen LogP contribution in [0.2, 0.25) is 0 Å². The number of thioether (sulfide) groups is 1. The van der Waals surface area contributed by atoms with E-state index in [-0.39, 0.29) is 22.3 Å². The van der Waals surface area contributed by atoms with Crippen LogP contribution in [0.1, 0.15) is 43.0 Å². The summed E-state index contributed by atoms with van der Waals surface area (Å²) in [6, 6.07) is 19.2. The first kappa shape index (κ1) is 29.3. The van der Waals surface area contributed by atoms with E-state index in [4.69, 9.17) is 9.47 Å². The molecule has 1 atom stereocenters. The molecule has 0 saturated carbocycles. The van der Waals surface area contributed by atoms with Gasteiger partial charge in [-0.05, 0) is 66.9 Å². The second-order valence-corrected chi connectivity index (χ2v) is 11.5. The zero-order valence-corrected chi connectivity index (χ0v) is 24.6. The van der Waals surface area contributed by atoms with Crippen LogP contribution in [-0.2, 0) is 15.3 Å². The second-order valence-electron chi connectivity index (χ2n) is 9.28. The van der Waals surface area contributed by atoms with E-state index in [1.807, 2.05) is 13.8 Å². The highest BCUT2D eigenvalue weighted by Gasteiger charge is 2.48. The Hall–Kier alpha value is -4.22. The molecule has 2 heterocycles. The fraction of sp³-hybridized carbons (Fsp3) is 0.226. The van der Waals surface area contributed by atoms with Gasteiger partial charge in [0.15, 0.2) is 4.34 Å². The van der Waals surface area contributed by atoms with E-state index >= 15 is 0 Å². The maximum Gasteiger partial charge on any atom is 0.301 e. The lowest BCUT2D eigenvalue weighted by Gasteiger charge is -2.23. The van der Waals surface area contributed by atoms with Gasteiger partial charge in [0.25, 0.3) is 5.78 Å². The number of rotatable bonds is 11. The van der Waals surface area contributed by atoms with Gasteiger partial charge in [0.05, 0.1) is 24.8 Å². The summed E-state index contributed by atoms with van der Waals surface area (Å²) in [6.07, 6.45) is 0.848. The minimum atomic E-state index is -0.987. The van der Waals surface area contributed by atoms with Crippen LogP contribution in [0.15, 0.2) is 82.7 Å². The fourth-order valence-corrected chi connectivity index (χ4v) is 6.34. The molecule has 0 aliphatic carbocycles. The molecule has 0 spiro atoms. The Bertz CT molecular complexity index is 1620. The summed E-state index contributed by atoms with van der Waals surface area (Å²) in [4.78, 5) is 28.3. The quantitative estimate of drug-likeness (QED) is 0.0656. The van der Waals surface area contributed by atoms with Crippen LogP contribution in [0.3, 0.4) is 0 Å². The maximum absolute atomic E-state index is 14.1.